The Morgan fingerprint density at radius 3 is 2.65 bits per heavy atom. The number of thioether (sulfide) groups is 1. The smallest absolute Gasteiger partial charge is 0.226 e. The van der Waals surface area contributed by atoms with Crippen LogP contribution in [0.4, 0.5) is 0 Å². The highest BCUT2D eigenvalue weighted by molar-refractivity contribution is 8.00. The van der Waals surface area contributed by atoms with Gasteiger partial charge in [-0.25, -0.2) is 0 Å². The molecule has 0 radical (unpaired) electrons. The summed E-state index contributed by atoms with van der Waals surface area (Å²) < 4.78 is 5.86. The molecule has 0 aromatic carbocycles. The van der Waals surface area contributed by atoms with Crippen molar-refractivity contribution in [2.75, 3.05) is 39.8 Å². The number of rotatable bonds is 5. The number of piperidine rings is 2. The average molecular weight is 533 g/mol. The van der Waals surface area contributed by atoms with Crippen molar-refractivity contribution in [3.05, 3.63) is 0 Å². The maximum absolute atomic E-state index is 13.6. The molecule has 0 bridgehead atoms. The van der Waals surface area contributed by atoms with Gasteiger partial charge in [0.15, 0.2) is 0 Å². The molecular formula is C27H44N6O3S. The molecule has 5 rings (SSSR count). The lowest BCUT2D eigenvalue weighted by Gasteiger charge is -2.44. The topological polar surface area (TPSA) is 119 Å². The van der Waals surface area contributed by atoms with Crippen LogP contribution < -0.4 is 21.3 Å². The third kappa shape index (κ3) is 5.81. The fourth-order valence-corrected chi connectivity index (χ4v) is 8.93. The monoisotopic (exact) mass is 532 g/mol. The molecule has 11 unspecified atom stereocenters. The predicted molar refractivity (Wildman–Crippen MR) is 143 cm³/mol. The Kier molecular flexibility index (Phi) is 8.66. The molecule has 0 spiro atoms. The highest BCUT2D eigenvalue weighted by Gasteiger charge is 2.47. The van der Waals surface area contributed by atoms with Gasteiger partial charge in [0.05, 0.1) is 18.1 Å². The second kappa shape index (κ2) is 11.8. The molecule has 2 amide bonds. The van der Waals surface area contributed by atoms with Gasteiger partial charge in [0.1, 0.15) is 5.50 Å². The number of amides is 2. The molecule has 9 nitrogen and oxygen atoms in total. The first-order valence-electron chi connectivity index (χ1n) is 14.2. The molecule has 5 aliphatic rings. The molecule has 10 heteroatoms. The predicted octanol–water partition coefficient (Wildman–Crippen LogP) is 1.12. The lowest BCUT2D eigenvalue weighted by Crippen LogP contribution is -2.55. The zero-order valence-corrected chi connectivity index (χ0v) is 23.3. The van der Waals surface area contributed by atoms with Crippen molar-refractivity contribution in [1.82, 2.24) is 26.2 Å². The quantitative estimate of drug-likeness (QED) is 0.416. The van der Waals surface area contributed by atoms with Crippen LogP contribution in [0.5, 0.6) is 0 Å². The van der Waals surface area contributed by atoms with E-state index in [0.29, 0.717) is 29.7 Å². The van der Waals surface area contributed by atoms with Crippen molar-refractivity contribution in [2.24, 2.45) is 35.5 Å². The fourth-order valence-electron chi connectivity index (χ4n) is 7.52. The maximum atomic E-state index is 13.6. The Morgan fingerprint density at radius 2 is 1.92 bits per heavy atom. The van der Waals surface area contributed by atoms with Crippen molar-refractivity contribution >= 4 is 23.6 Å². The van der Waals surface area contributed by atoms with Gasteiger partial charge in [-0.05, 0) is 69.9 Å². The highest BCUT2D eigenvalue weighted by atomic mass is 32.2. The lowest BCUT2D eigenvalue weighted by molar-refractivity contribution is -0.137. The van der Waals surface area contributed by atoms with Crippen LogP contribution in [0.3, 0.4) is 0 Å². The molecule has 206 valence electrons. The molecular weight excluding hydrogens is 488 g/mol. The van der Waals surface area contributed by atoms with Gasteiger partial charge in [0.25, 0.3) is 0 Å². The molecule has 1 aliphatic carbocycles. The van der Waals surface area contributed by atoms with Crippen LogP contribution in [-0.2, 0) is 14.3 Å². The minimum absolute atomic E-state index is 0.0512. The summed E-state index contributed by atoms with van der Waals surface area (Å²) in [7, 11) is 1.77. The number of hydrogen-bond donors (Lipinski definition) is 4. The van der Waals surface area contributed by atoms with Crippen LogP contribution in [0.1, 0.15) is 46.0 Å². The normalized spacial score (nSPS) is 44.2. The van der Waals surface area contributed by atoms with Crippen LogP contribution in [0.25, 0.3) is 0 Å². The van der Waals surface area contributed by atoms with E-state index in [2.05, 4.69) is 41.2 Å². The summed E-state index contributed by atoms with van der Waals surface area (Å²) in [5.41, 5.74) is -0.131. The van der Waals surface area contributed by atoms with Gasteiger partial charge in [-0.2, -0.15) is 5.26 Å². The van der Waals surface area contributed by atoms with Crippen LogP contribution in [0, 0.1) is 46.8 Å². The average Bonchev–Trinajstić information content (AvgIpc) is 3.47. The van der Waals surface area contributed by atoms with Crippen LogP contribution >= 0.6 is 11.8 Å². The lowest BCUT2D eigenvalue weighted by atomic mass is 9.66. The zero-order chi connectivity index (χ0) is 26.1. The van der Waals surface area contributed by atoms with Crippen molar-refractivity contribution in [1.29, 1.82) is 5.26 Å². The van der Waals surface area contributed by atoms with Crippen molar-refractivity contribution in [2.45, 2.75) is 74.9 Å². The molecule has 11 atom stereocenters. The van der Waals surface area contributed by atoms with E-state index in [4.69, 9.17) is 4.74 Å². The van der Waals surface area contributed by atoms with E-state index in [1.807, 2.05) is 4.90 Å². The summed E-state index contributed by atoms with van der Waals surface area (Å²) in [5, 5.41) is 23.7. The number of carbonyl (C=O) groups excluding carboxylic acids is 2. The van der Waals surface area contributed by atoms with Crippen molar-refractivity contribution in [3.8, 4) is 6.07 Å². The van der Waals surface area contributed by atoms with E-state index in [1.54, 1.807) is 18.9 Å². The van der Waals surface area contributed by atoms with Gasteiger partial charge < -0.3 is 25.6 Å². The molecule has 4 N–H and O–H groups in total. The van der Waals surface area contributed by atoms with Gasteiger partial charge in [-0.1, -0.05) is 6.92 Å². The largest absolute Gasteiger partial charge is 0.381 e. The number of ether oxygens (including phenoxy) is 1. The molecule has 4 heterocycles. The highest BCUT2D eigenvalue weighted by Crippen LogP contribution is 2.42. The minimum atomic E-state index is -0.140. The summed E-state index contributed by atoms with van der Waals surface area (Å²) >= 11 is 1.75. The first-order valence-corrected chi connectivity index (χ1v) is 15.2. The van der Waals surface area contributed by atoms with Gasteiger partial charge in [0.2, 0.25) is 11.8 Å². The number of methoxy groups -OCH3 is 1. The summed E-state index contributed by atoms with van der Waals surface area (Å²) in [6, 6.07) is 3.03. The number of nitriles is 1. The van der Waals surface area contributed by atoms with Crippen LogP contribution in [0.2, 0.25) is 0 Å². The van der Waals surface area contributed by atoms with E-state index in [9.17, 15) is 14.9 Å². The van der Waals surface area contributed by atoms with E-state index in [0.717, 1.165) is 58.3 Å². The molecule has 37 heavy (non-hydrogen) atoms. The van der Waals surface area contributed by atoms with E-state index in [1.165, 1.54) is 0 Å². The zero-order valence-electron chi connectivity index (χ0n) is 22.4. The SMILES string of the molecule is COC1CCC(C#N)CC1C1CC(C)NCC1C(=O)NC1NC2CN(C(=O)C3CCNCC3C)CC2S1. The van der Waals surface area contributed by atoms with E-state index in [-0.39, 0.29) is 53.1 Å². The van der Waals surface area contributed by atoms with E-state index >= 15 is 0 Å². The number of hydrogen-bond acceptors (Lipinski definition) is 8. The second-order valence-corrected chi connectivity index (χ2v) is 13.4. The van der Waals surface area contributed by atoms with Gasteiger partial charge in [-0.3, -0.25) is 14.9 Å². The molecule has 4 aliphatic heterocycles. The van der Waals surface area contributed by atoms with Crippen LogP contribution in [-0.4, -0.2) is 85.5 Å². The Hall–Kier alpha value is -1.38. The first kappa shape index (κ1) is 27.2. The Balaban J connectivity index is 1.17. The summed E-state index contributed by atoms with van der Waals surface area (Å²) in [6.07, 6.45) is 4.53. The maximum Gasteiger partial charge on any atom is 0.226 e. The fraction of sp³-hybridized carbons (Fsp3) is 0.889. The molecule has 5 fully saturated rings. The third-order valence-corrected chi connectivity index (χ3v) is 11.0. The van der Waals surface area contributed by atoms with Gasteiger partial charge in [-0.15, -0.1) is 11.8 Å². The Morgan fingerprint density at radius 1 is 1.08 bits per heavy atom. The third-order valence-electron chi connectivity index (χ3n) is 9.66. The molecule has 4 saturated heterocycles. The first-order chi connectivity index (χ1) is 17.9. The Bertz CT molecular complexity index is 871. The number of likely N-dealkylation sites (tertiary alicyclic amines) is 1. The number of fused-ring (bicyclic) bond motifs is 1. The molecule has 0 aromatic heterocycles. The summed E-state index contributed by atoms with van der Waals surface area (Å²) in [6.45, 7) is 8.31. The number of carbonyl (C=O) groups is 2. The molecule has 0 aromatic rings. The van der Waals surface area contributed by atoms with Crippen molar-refractivity contribution in [3.63, 3.8) is 0 Å². The van der Waals surface area contributed by atoms with Crippen LogP contribution in [0.15, 0.2) is 0 Å². The standard InChI is InChI=1S/C27H44N6O3S/c1-15-11-29-7-6-18(15)26(35)33-13-22-24(14-33)37-27(31-22)32-25(34)21-12-30-16(2)8-19(21)20-9-17(10-28)4-5-23(20)36-3/h15-24,27,29-31H,4-9,11-14H2,1-3H3,(H,32,34). The van der Waals surface area contributed by atoms with Gasteiger partial charge in [0, 0.05) is 55.9 Å². The van der Waals surface area contributed by atoms with Gasteiger partial charge >= 0.3 is 0 Å². The number of nitrogens with zero attached hydrogens (tertiary/aromatic N) is 2. The summed E-state index contributed by atoms with van der Waals surface area (Å²) in [4.78, 5) is 28.8. The Labute approximate surface area is 225 Å². The molecule has 1 saturated carbocycles. The number of nitrogens with one attached hydrogen (secondary N) is 4. The summed E-state index contributed by atoms with van der Waals surface area (Å²) in [5.74, 6) is 1.21. The minimum Gasteiger partial charge on any atom is -0.381 e. The van der Waals surface area contributed by atoms with E-state index < -0.39 is 0 Å². The van der Waals surface area contributed by atoms with Crippen molar-refractivity contribution < 1.29 is 14.3 Å². The second-order valence-electron chi connectivity index (χ2n) is 12.0.